The molecule has 45 heavy (non-hydrogen) atoms. The number of carboxylic acid groups (broad SMARTS) is 1. The number of piperazine rings is 1. The lowest BCUT2D eigenvalue weighted by Crippen LogP contribution is -2.57. The minimum atomic E-state index is -1.30. The molecular formula is C29H37N7O9. The van der Waals surface area contributed by atoms with Crippen LogP contribution in [0.3, 0.4) is 0 Å². The second-order valence-electron chi connectivity index (χ2n) is 10.7. The molecular weight excluding hydrogens is 590 g/mol. The van der Waals surface area contributed by atoms with E-state index in [9.17, 15) is 33.9 Å². The van der Waals surface area contributed by atoms with Crippen LogP contribution in [-0.4, -0.2) is 111 Å². The van der Waals surface area contributed by atoms with E-state index >= 15 is 0 Å². The van der Waals surface area contributed by atoms with Gasteiger partial charge in [-0.25, -0.2) is 9.48 Å². The number of nitrogens with two attached hydrogens (primary N) is 1. The molecule has 2 aromatic rings. The maximum Gasteiger partial charge on any atom is 0.409 e. The lowest BCUT2D eigenvalue weighted by atomic mass is 9.79. The summed E-state index contributed by atoms with van der Waals surface area (Å²) in [5.74, 6) is -3.56. The van der Waals surface area contributed by atoms with Crippen molar-refractivity contribution in [3.8, 4) is 11.6 Å². The van der Waals surface area contributed by atoms with Gasteiger partial charge in [0.05, 0.1) is 18.8 Å². The van der Waals surface area contributed by atoms with Gasteiger partial charge in [0, 0.05) is 38.7 Å². The van der Waals surface area contributed by atoms with Gasteiger partial charge >= 0.3 is 12.1 Å². The first-order valence-electron chi connectivity index (χ1n) is 14.7. The van der Waals surface area contributed by atoms with Crippen LogP contribution in [0.25, 0.3) is 5.69 Å². The predicted octanol–water partition coefficient (Wildman–Crippen LogP) is 0.0392. The summed E-state index contributed by atoms with van der Waals surface area (Å²) in [5.41, 5.74) is 4.26. The zero-order valence-corrected chi connectivity index (χ0v) is 24.9. The largest absolute Gasteiger partial charge is 0.481 e. The molecule has 16 heteroatoms. The highest BCUT2D eigenvalue weighted by Gasteiger charge is 2.47. The summed E-state index contributed by atoms with van der Waals surface area (Å²) >= 11 is 0. The Labute approximate surface area is 258 Å². The number of para-hydroxylation sites is 1. The van der Waals surface area contributed by atoms with Crippen molar-refractivity contribution in [2.75, 3.05) is 39.3 Å². The molecule has 1 unspecified atom stereocenters. The van der Waals surface area contributed by atoms with Crippen LogP contribution in [0.5, 0.6) is 5.88 Å². The highest BCUT2D eigenvalue weighted by atomic mass is 16.6. The molecule has 1 aliphatic heterocycles. The monoisotopic (exact) mass is 627 g/mol. The summed E-state index contributed by atoms with van der Waals surface area (Å²) in [6.45, 7) is 2.36. The predicted molar refractivity (Wildman–Crippen MR) is 156 cm³/mol. The Hall–Kier alpha value is -5.15. The molecule has 2 fully saturated rings. The van der Waals surface area contributed by atoms with E-state index in [0.29, 0.717) is 24.9 Å². The zero-order valence-electron chi connectivity index (χ0n) is 24.9. The maximum absolute atomic E-state index is 13.5. The topological polar surface area (TPSA) is 215 Å². The van der Waals surface area contributed by atoms with Crippen molar-refractivity contribution in [3.63, 3.8) is 0 Å². The first-order chi connectivity index (χ1) is 21.5. The fourth-order valence-corrected chi connectivity index (χ4v) is 5.01. The number of hydrogen-bond acceptors (Lipinski definition) is 9. The lowest BCUT2D eigenvalue weighted by Gasteiger charge is -2.39. The number of nitrogens with zero attached hydrogens (tertiary/aromatic N) is 4. The molecule has 16 nitrogen and oxygen atoms in total. The number of carboxylic acids is 1. The number of ether oxygens (including phenoxy) is 2. The zero-order chi connectivity index (χ0) is 32.6. The van der Waals surface area contributed by atoms with Crippen LogP contribution in [0.15, 0.2) is 36.4 Å². The first kappa shape index (κ1) is 32.8. The average Bonchev–Trinajstić information content (AvgIpc) is 3.44. The van der Waals surface area contributed by atoms with Crippen LogP contribution in [0.1, 0.15) is 49.5 Å². The van der Waals surface area contributed by atoms with Gasteiger partial charge in [-0.1, -0.05) is 18.2 Å². The number of hydrogen-bond donors (Lipinski definition) is 4. The molecule has 1 saturated heterocycles. The third-order valence-corrected chi connectivity index (χ3v) is 7.58. The van der Waals surface area contributed by atoms with Crippen molar-refractivity contribution in [1.29, 1.82) is 0 Å². The minimum Gasteiger partial charge on any atom is -0.481 e. The van der Waals surface area contributed by atoms with E-state index in [1.54, 1.807) is 37.3 Å². The van der Waals surface area contributed by atoms with Gasteiger partial charge in [0.15, 0.2) is 11.3 Å². The number of nitrogens with one attached hydrogen (secondary N) is 2. The van der Waals surface area contributed by atoms with Gasteiger partial charge in [0.1, 0.15) is 6.04 Å². The van der Waals surface area contributed by atoms with Crippen LogP contribution in [0, 0.1) is 0 Å². The number of carbonyl (C=O) groups is 6. The summed E-state index contributed by atoms with van der Waals surface area (Å²) in [6.07, 6.45) is 0.362. The average molecular weight is 628 g/mol. The van der Waals surface area contributed by atoms with Gasteiger partial charge in [0.2, 0.25) is 17.7 Å². The fraction of sp³-hybridized carbons (Fsp3) is 0.483. The Balaban J connectivity index is 1.54. The Morgan fingerprint density at radius 1 is 1.04 bits per heavy atom. The molecule has 242 valence electrons. The van der Waals surface area contributed by atoms with Crippen LogP contribution in [0.4, 0.5) is 4.79 Å². The van der Waals surface area contributed by atoms with Gasteiger partial charge in [-0.3, -0.25) is 24.0 Å². The molecule has 1 aliphatic carbocycles. The van der Waals surface area contributed by atoms with Crippen LogP contribution in [-0.2, 0) is 23.9 Å². The quantitative estimate of drug-likeness (QED) is 0.234. The summed E-state index contributed by atoms with van der Waals surface area (Å²) in [7, 11) is 0. The molecule has 0 bridgehead atoms. The number of primary amides is 1. The smallest absolute Gasteiger partial charge is 0.409 e. The molecule has 1 atom stereocenters. The van der Waals surface area contributed by atoms with Gasteiger partial charge in [-0.15, -0.1) is 0 Å². The van der Waals surface area contributed by atoms with Crippen molar-refractivity contribution in [3.05, 3.63) is 42.1 Å². The van der Waals surface area contributed by atoms with E-state index in [2.05, 4.69) is 15.7 Å². The molecule has 0 spiro atoms. The summed E-state index contributed by atoms with van der Waals surface area (Å²) in [5, 5.41) is 18.8. The van der Waals surface area contributed by atoms with Crippen molar-refractivity contribution in [2.24, 2.45) is 5.73 Å². The van der Waals surface area contributed by atoms with E-state index in [4.69, 9.17) is 15.2 Å². The second-order valence-corrected chi connectivity index (χ2v) is 10.7. The molecule has 1 aromatic heterocycles. The summed E-state index contributed by atoms with van der Waals surface area (Å²) < 4.78 is 12.5. The molecule has 5 N–H and O–H groups in total. The summed E-state index contributed by atoms with van der Waals surface area (Å²) in [6, 6.07) is 8.88. The van der Waals surface area contributed by atoms with Gasteiger partial charge in [-0.05, 0) is 44.7 Å². The van der Waals surface area contributed by atoms with Gasteiger partial charge in [0.25, 0.3) is 11.8 Å². The van der Waals surface area contributed by atoms with E-state index in [1.165, 1.54) is 20.5 Å². The Bertz CT molecular complexity index is 1420. The highest BCUT2D eigenvalue weighted by molar-refractivity contribution is 5.97. The van der Waals surface area contributed by atoms with Gasteiger partial charge < -0.3 is 40.7 Å². The first-order valence-corrected chi connectivity index (χ1v) is 14.7. The SMILES string of the molecule is CCOC(=O)N1CCN(C(=O)C(CCC(=O)O)NC(=O)c2cc(OC3(C(=O)NCC(N)=O)CCC3)n(-c3ccccc3)n2)CC1. The van der Waals surface area contributed by atoms with Crippen LogP contribution < -0.4 is 21.1 Å². The Morgan fingerprint density at radius 2 is 1.71 bits per heavy atom. The third-order valence-electron chi connectivity index (χ3n) is 7.58. The van der Waals surface area contributed by atoms with Crippen LogP contribution >= 0.6 is 0 Å². The maximum atomic E-state index is 13.5. The number of amides is 5. The van der Waals surface area contributed by atoms with E-state index in [-0.39, 0.29) is 63.7 Å². The van der Waals surface area contributed by atoms with Gasteiger partial charge in [-0.2, -0.15) is 5.10 Å². The van der Waals surface area contributed by atoms with E-state index in [0.717, 1.165) is 0 Å². The molecule has 0 radical (unpaired) electrons. The van der Waals surface area contributed by atoms with Crippen LogP contribution in [0.2, 0.25) is 0 Å². The Kier molecular flexibility index (Phi) is 10.6. The fourth-order valence-electron chi connectivity index (χ4n) is 5.01. The molecule has 1 saturated carbocycles. The van der Waals surface area contributed by atoms with Crippen molar-refractivity contribution < 1.29 is 43.3 Å². The van der Waals surface area contributed by atoms with E-state index < -0.39 is 47.3 Å². The summed E-state index contributed by atoms with van der Waals surface area (Å²) in [4.78, 5) is 77.5. The number of aromatic nitrogens is 2. The number of aliphatic carboxylic acids is 1. The molecule has 2 heterocycles. The number of carbonyl (C=O) groups excluding carboxylic acids is 5. The van der Waals surface area contributed by atoms with Crippen molar-refractivity contribution in [1.82, 2.24) is 30.2 Å². The molecule has 2 aliphatic rings. The van der Waals surface area contributed by atoms with Crippen molar-refractivity contribution >= 4 is 35.7 Å². The standard InChI is InChI=1S/C29H37N7O9/c1-2-44-28(43)35-15-13-34(14-16-35)26(41)20(9-10-24(38)39)32-25(40)21-17-23(36(33-21)19-7-4-3-5-8-19)45-29(11-6-12-29)27(42)31-18-22(30)37/h3-5,7-8,17,20H,2,6,9-16,18H2,1H3,(H2,30,37)(H,31,42)(H,32,40)(H,38,39). The number of rotatable bonds is 13. The third kappa shape index (κ3) is 8.07. The van der Waals surface area contributed by atoms with Crippen molar-refractivity contribution in [2.45, 2.75) is 50.7 Å². The normalized spacial score (nSPS) is 16.1. The molecule has 1 aromatic carbocycles. The highest BCUT2D eigenvalue weighted by Crippen LogP contribution is 2.38. The minimum absolute atomic E-state index is 0.0729. The lowest BCUT2D eigenvalue weighted by molar-refractivity contribution is -0.145. The molecule has 5 amide bonds. The number of benzene rings is 1. The molecule has 4 rings (SSSR count). The van der Waals surface area contributed by atoms with E-state index in [1.807, 2.05) is 0 Å². The Morgan fingerprint density at radius 3 is 2.29 bits per heavy atom. The second kappa shape index (κ2) is 14.5.